The maximum atomic E-state index is 12.7. The van der Waals surface area contributed by atoms with Crippen LogP contribution < -0.4 is 5.32 Å². The zero-order valence-electron chi connectivity index (χ0n) is 13.3. The molecule has 1 N–H and O–H groups in total. The first-order valence-electron chi connectivity index (χ1n) is 8.29. The van der Waals surface area contributed by atoms with Crippen LogP contribution in [-0.4, -0.2) is 40.3 Å². The van der Waals surface area contributed by atoms with Gasteiger partial charge < -0.3 is 10.2 Å². The van der Waals surface area contributed by atoms with Crippen LogP contribution in [0.3, 0.4) is 0 Å². The number of fused-ring (bicyclic) bond motifs is 2. The molecule has 1 aromatic heterocycles. The summed E-state index contributed by atoms with van der Waals surface area (Å²) in [5.41, 5.74) is 1.27. The molecule has 1 aliphatic heterocycles. The highest BCUT2D eigenvalue weighted by molar-refractivity contribution is 5.95. The van der Waals surface area contributed by atoms with E-state index in [4.69, 9.17) is 0 Å². The second-order valence-corrected chi connectivity index (χ2v) is 6.55. The average Bonchev–Trinajstić information content (AvgIpc) is 3.23. The summed E-state index contributed by atoms with van der Waals surface area (Å²) in [7, 11) is 0. The largest absolute Gasteiger partial charge is 0.347 e. The van der Waals surface area contributed by atoms with Gasteiger partial charge in [-0.05, 0) is 43.0 Å². The third-order valence-corrected chi connectivity index (χ3v) is 5.00. The van der Waals surface area contributed by atoms with Gasteiger partial charge in [0.25, 0.3) is 11.8 Å². The van der Waals surface area contributed by atoms with E-state index in [1.165, 1.54) is 0 Å². The Balaban J connectivity index is 1.47. The molecule has 2 amide bonds. The van der Waals surface area contributed by atoms with E-state index in [1.807, 2.05) is 35.2 Å². The highest BCUT2D eigenvalue weighted by Crippen LogP contribution is 2.38. The van der Waals surface area contributed by atoms with Gasteiger partial charge in [0.05, 0.1) is 11.6 Å². The Labute approximate surface area is 140 Å². The van der Waals surface area contributed by atoms with E-state index in [9.17, 15) is 9.59 Å². The number of pyridine rings is 1. The summed E-state index contributed by atoms with van der Waals surface area (Å²) in [5, 5.41) is 3.09. The second kappa shape index (κ2) is 6.07. The van der Waals surface area contributed by atoms with E-state index in [1.54, 1.807) is 24.5 Å². The van der Waals surface area contributed by atoms with Gasteiger partial charge in [-0.2, -0.15) is 0 Å². The molecule has 4 rings (SSSR count). The fraction of sp³-hybridized carbons (Fsp3) is 0.316. The van der Waals surface area contributed by atoms with Gasteiger partial charge in [0.1, 0.15) is 0 Å². The van der Waals surface area contributed by atoms with Crippen LogP contribution in [0, 0.1) is 5.92 Å². The Hall–Kier alpha value is -2.69. The summed E-state index contributed by atoms with van der Waals surface area (Å²) in [6.07, 6.45) is 5.12. The van der Waals surface area contributed by atoms with E-state index in [0.717, 1.165) is 19.4 Å². The standard InChI is InChI=1S/C19H19N3O2/c23-18(15-7-4-8-20-11-15)21-16-9-13-10-17(16)22(12-13)19(24)14-5-2-1-3-6-14/h1-8,11,13,16-17H,9-10,12H2,(H,21,23)/t13-,16+,17-/m1/s1. The molecule has 1 aliphatic carbocycles. The van der Waals surface area contributed by atoms with Crippen molar-refractivity contribution >= 4 is 11.8 Å². The molecular weight excluding hydrogens is 302 g/mol. The molecule has 5 nitrogen and oxygen atoms in total. The number of amides is 2. The summed E-state index contributed by atoms with van der Waals surface area (Å²) in [6.45, 7) is 0.789. The van der Waals surface area contributed by atoms with Crippen molar-refractivity contribution in [1.82, 2.24) is 15.2 Å². The van der Waals surface area contributed by atoms with Gasteiger partial charge in [-0.15, -0.1) is 0 Å². The Morgan fingerprint density at radius 3 is 2.54 bits per heavy atom. The number of nitrogens with zero attached hydrogens (tertiary/aromatic N) is 2. The molecule has 1 saturated carbocycles. The quantitative estimate of drug-likeness (QED) is 0.942. The van der Waals surface area contributed by atoms with Crippen molar-refractivity contribution in [2.75, 3.05) is 6.54 Å². The Kier molecular flexibility index (Phi) is 3.76. The van der Waals surface area contributed by atoms with Crippen molar-refractivity contribution in [2.24, 2.45) is 5.92 Å². The van der Waals surface area contributed by atoms with Crippen molar-refractivity contribution in [1.29, 1.82) is 0 Å². The predicted molar refractivity (Wildman–Crippen MR) is 89.5 cm³/mol. The van der Waals surface area contributed by atoms with Crippen LogP contribution in [0.5, 0.6) is 0 Å². The molecule has 2 aromatic rings. The smallest absolute Gasteiger partial charge is 0.254 e. The Bertz CT molecular complexity index is 746. The first kappa shape index (κ1) is 14.9. The molecular formula is C19H19N3O2. The lowest BCUT2D eigenvalue weighted by molar-refractivity contribution is 0.0648. The number of benzene rings is 1. The summed E-state index contributed by atoms with van der Waals surface area (Å²) in [4.78, 5) is 31.0. The zero-order valence-corrected chi connectivity index (χ0v) is 13.3. The maximum absolute atomic E-state index is 12.7. The molecule has 0 spiro atoms. The van der Waals surface area contributed by atoms with Gasteiger partial charge in [0.2, 0.25) is 0 Å². The van der Waals surface area contributed by atoms with Crippen molar-refractivity contribution in [3.63, 3.8) is 0 Å². The van der Waals surface area contributed by atoms with Crippen LogP contribution in [0.25, 0.3) is 0 Å². The molecule has 3 atom stereocenters. The van der Waals surface area contributed by atoms with E-state index in [2.05, 4.69) is 10.3 Å². The summed E-state index contributed by atoms with van der Waals surface area (Å²) in [5.74, 6) is 0.415. The molecule has 122 valence electrons. The van der Waals surface area contributed by atoms with Crippen LogP contribution >= 0.6 is 0 Å². The number of piperidine rings is 1. The fourth-order valence-electron chi connectivity index (χ4n) is 3.91. The second-order valence-electron chi connectivity index (χ2n) is 6.55. The summed E-state index contributed by atoms with van der Waals surface area (Å²) in [6, 6.07) is 13.0. The first-order valence-corrected chi connectivity index (χ1v) is 8.29. The third-order valence-electron chi connectivity index (χ3n) is 5.00. The molecule has 0 unspecified atom stereocenters. The van der Waals surface area contributed by atoms with Crippen LogP contribution in [-0.2, 0) is 0 Å². The lowest BCUT2D eigenvalue weighted by atomic mass is 10.0. The number of hydrogen-bond acceptors (Lipinski definition) is 3. The molecule has 5 heteroatoms. The lowest BCUT2D eigenvalue weighted by Crippen LogP contribution is -2.51. The van der Waals surface area contributed by atoms with Crippen molar-refractivity contribution in [2.45, 2.75) is 24.9 Å². The van der Waals surface area contributed by atoms with Crippen LogP contribution in [0.1, 0.15) is 33.6 Å². The monoisotopic (exact) mass is 321 g/mol. The molecule has 2 aliphatic rings. The Morgan fingerprint density at radius 1 is 1.04 bits per heavy atom. The van der Waals surface area contributed by atoms with Gasteiger partial charge in [-0.3, -0.25) is 14.6 Å². The number of aromatic nitrogens is 1. The average molecular weight is 321 g/mol. The fourth-order valence-corrected chi connectivity index (χ4v) is 3.91. The number of carbonyl (C=O) groups excluding carboxylic acids is 2. The SMILES string of the molecule is O=C(N[C@H]1C[C@@H]2C[C@H]1N(C(=O)c1ccccc1)C2)c1cccnc1. The van der Waals surface area contributed by atoms with E-state index >= 15 is 0 Å². The van der Waals surface area contributed by atoms with E-state index in [0.29, 0.717) is 17.0 Å². The van der Waals surface area contributed by atoms with Crippen molar-refractivity contribution in [3.05, 3.63) is 66.0 Å². The maximum Gasteiger partial charge on any atom is 0.254 e. The third kappa shape index (κ3) is 2.66. The molecule has 1 aromatic carbocycles. The molecule has 24 heavy (non-hydrogen) atoms. The molecule has 1 saturated heterocycles. The number of hydrogen-bond donors (Lipinski definition) is 1. The number of likely N-dealkylation sites (tertiary alicyclic amines) is 1. The Morgan fingerprint density at radius 2 is 1.83 bits per heavy atom. The van der Waals surface area contributed by atoms with Crippen LogP contribution in [0.2, 0.25) is 0 Å². The number of carbonyl (C=O) groups is 2. The van der Waals surface area contributed by atoms with Crippen LogP contribution in [0.4, 0.5) is 0 Å². The lowest BCUT2D eigenvalue weighted by Gasteiger charge is -2.33. The topological polar surface area (TPSA) is 62.3 Å². The van der Waals surface area contributed by atoms with E-state index < -0.39 is 0 Å². The molecule has 2 fully saturated rings. The molecule has 2 heterocycles. The first-order chi connectivity index (χ1) is 11.7. The van der Waals surface area contributed by atoms with E-state index in [-0.39, 0.29) is 23.9 Å². The van der Waals surface area contributed by atoms with Crippen molar-refractivity contribution < 1.29 is 9.59 Å². The predicted octanol–water partition coefficient (Wildman–Crippen LogP) is 2.11. The summed E-state index contributed by atoms with van der Waals surface area (Å²) < 4.78 is 0. The van der Waals surface area contributed by atoms with Gasteiger partial charge in [0, 0.05) is 30.5 Å². The van der Waals surface area contributed by atoms with Crippen molar-refractivity contribution in [3.8, 4) is 0 Å². The van der Waals surface area contributed by atoms with Gasteiger partial charge >= 0.3 is 0 Å². The van der Waals surface area contributed by atoms with Gasteiger partial charge in [0.15, 0.2) is 0 Å². The van der Waals surface area contributed by atoms with Gasteiger partial charge in [-0.1, -0.05) is 18.2 Å². The number of rotatable bonds is 3. The minimum Gasteiger partial charge on any atom is -0.347 e. The highest BCUT2D eigenvalue weighted by Gasteiger charge is 2.47. The normalized spacial score (nSPS) is 24.8. The van der Waals surface area contributed by atoms with Crippen LogP contribution in [0.15, 0.2) is 54.9 Å². The molecule has 2 bridgehead atoms. The summed E-state index contributed by atoms with van der Waals surface area (Å²) >= 11 is 0. The minimum atomic E-state index is -0.118. The minimum absolute atomic E-state index is 0.0177. The molecule has 0 radical (unpaired) electrons. The highest BCUT2D eigenvalue weighted by atomic mass is 16.2. The number of nitrogens with one attached hydrogen (secondary N) is 1. The van der Waals surface area contributed by atoms with Gasteiger partial charge in [-0.25, -0.2) is 0 Å². The zero-order chi connectivity index (χ0) is 16.5.